The van der Waals surface area contributed by atoms with Gasteiger partial charge in [0.1, 0.15) is 11.3 Å². The third-order valence-corrected chi connectivity index (χ3v) is 3.40. The minimum absolute atomic E-state index is 0.0294. The first-order valence-corrected chi connectivity index (χ1v) is 7.01. The van der Waals surface area contributed by atoms with Gasteiger partial charge in [-0.2, -0.15) is 0 Å². The Hall–Kier alpha value is -2.46. The number of nitrogens with zero attached hydrogens (tertiary/aromatic N) is 2. The van der Waals surface area contributed by atoms with Crippen LogP contribution in [0.4, 0.5) is 0 Å². The molecule has 0 saturated carbocycles. The normalized spacial score (nSPS) is 12.3. The molecule has 1 atom stereocenters. The lowest BCUT2D eigenvalue weighted by Crippen LogP contribution is -2.10. The molecule has 2 heterocycles. The van der Waals surface area contributed by atoms with E-state index in [9.17, 15) is 0 Å². The zero-order chi connectivity index (χ0) is 14.7. The number of pyridine rings is 2. The fourth-order valence-electron chi connectivity index (χ4n) is 2.17. The van der Waals surface area contributed by atoms with Crippen LogP contribution in [0.5, 0.6) is 11.5 Å². The van der Waals surface area contributed by atoms with Gasteiger partial charge < -0.3 is 10.5 Å². The second-order valence-electron chi connectivity index (χ2n) is 4.87. The predicted molar refractivity (Wildman–Crippen MR) is 83.3 cm³/mol. The minimum atomic E-state index is -0.0294. The van der Waals surface area contributed by atoms with Gasteiger partial charge in [-0.05, 0) is 30.7 Å². The van der Waals surface area contributed by atoms with Crippen LogP contribution >= 0.6 is 0 Å². The van der Waals surface area contributed by atoms with Gasteiger partial charge in [0.25, 0.3) is 0 Å². The van der Waals surface area contributed by atoms with Gasteiger partial charge in [0.15, 0.2) is 5.75 Å². The summed E-state index contributed by atoms with van der Waals surface area (Å²) in [6.07, 6.45) is 4.32. The molecule has 0 saturated heterocycles. The van der Waals surface area contributed by atoms with Crippen molar-refractivity contribution in [3.8, 4) is 11.5 Å². The molecule has 0 bridgehead atoms. The van der Waals surface area contributed by atoms with E-state index in [0.29, 0.717) is 5.75 Å². The Morgan fingerprint density at radius 2 is 1.95 bits per heavy atom. The van der Waals surface area contributed by atoms with Gasteiger partial charge >= 0.3 is 0 Å². The fourth-order valence-corrected chi connectivity index (χ4v) is 2.17. The Morgan fingerprint density at radius 3 is 2.71 bits per heavy atom. The van der Waals surface area contributed by atoms with E-state index >= 15 is 0 Å². The average Bonchev–Trinajstić information content (AvgIpc) is 2.55. The summed E-state index contributed by atoms with van der Waals surface area (Å²) in [4.78, 5) is 8.73. The SMILES string of the molecule is CC[C@@H](N)c1ccc(Oc2cccc3cccnc23)cn1. The molecule has 3 rings (SSSR count). The van der Waals surface area contributed by atoms with Crippen LogP contribution in [0.25, 0.3) is 10.9 Å². The first-order valence-electron chi connectivity index (χ1n) is 7.01. The largest absolute Gasteiger partial charge is 0.453 e. The molecule has 2 N–H and O–H groups in total. The number of ether oxygens (including phenoxy) is 1. The lowest BCUT2D eigenvalue weighted by atomic mass is 10.1. The maximum absolute atomic E-state index is 5.96. The van der Waals surface area contributed by atoms with E-state index in [1.807, 2.05) is 49.4 Å². The van der Waals surface area contributed by atoms with Gasteiger partial charge in [-0.15, -0.1) is 0 Å². The quantitative estimate of drug-likeness (QED) is 0.788. The van der Waals surface area contributed by atoms with Crippen molar-refractivity contribution in [1.82, 2.24) is 9.97 Å². The molecule has 2 aromatic heterocycles. The fraction of sp³-hybridized carbons (Fsp3) is 0.176. The summed E-state index contributed by atoms with van der Waals surface area (Å²) in [5.41, 5.74) is 7.68. The van der Waals surface area contributed by atoms with Crippen LogP contribution in [-0.4, -0.2) is 9.97 Å². The zero-order valence-corrected chi connectivity index (χ0v) is 11.9. The van der Waals surface area contributed by atoms with Crippen LogP contribution < -0.4 is 10.5 Å². The Kier molecular flexibility index (Phi) is 3.79. The summed E-state index contributed by atoms with van der Waals surface area (Å²) in [6, 6.07) is 13.6. The van der Waals surface area contributed by atoms with Crippen LogP contribution in [0.2, 0.25) is 0 Å². The highest BCUT2D eigenvalue weighted by atomic mass is 16.5. The van der Waals surface area contributed by atoms with E-state index in [4.69, 9.17) is 10.5 Å². The molecule has 106 valence electrons. The van der Waals surface area contributed by atoms with Crippen molar-refractivity contribution in [2.45, 2.75) is 19.4 Å². The summed E-state index contributed by atoms with van der Waals surface area (Å²) in [5, 5.41) is 1.05. The Labute approximate surface area is 123 Å². The molecule has 0 aliphatic carbocycles. The molecule has 1 aromatic carbocycles. The highest BCUT2D eigenvalue weighted by Gasteiger charge is 2.07. The summed E-state index contributed by atoms with van der Waals surface area (Å²) >= 11 is 0. The van der Waals surface area contributed by atoms with Crippen molar-refractivity contribution < 1.29 is 4.74 Å². The van der Waals surface area contributed by atoms with Gasteiger partial charge in [-0.1, -0.05) is 25.1 Å². The molecule has 0 amide bonds. The molecule has 4 nitrogen and oxygen atoms in total. The van der Waals surface area contributed by atoms with Crippen LogP contribution in [0, 0.1) is 0 Å². The number of benzene rings is 1. The Morgan fingerprint density at radius 1 is 1.10 bits per heavy atom. The maximum Gasteiger partial charge on any atom is 0.153 e. The molecule has 0 fully saturated rings. The maximum atomic E-state index is 5.96. The lowest BCUT2D eigenvalue weighted by molar-refractivity contribution is 0.483. The van der Waals surface area contributed by atoms with E-state index in [-0.39, 0.29) is 6.04 Å². The predicted octanol–water partition coefficient (Wildman–Crippen LogP) is 3.83. The summed E-state index contributed by atoms with van der Waals surface area (Å²) in [6.45, 7) is 2.04. The molecular weight excluding hydrogens is 262 g/mol. The van der Waals surface area contributed by atoms with E-state index < -0.39 is 0 Å². The summed E-state index contributed by atoms with van der Waals surface area (Å²) in [5.74, 6) is 1.41. The third kappa shape index (κ3) is 2.85. The van der Waals surface area contributed by atoms with Crippen LogP contribution in [0.3, 0.4) is 0 Å². The van der Waals surface area contributed by atoms with Crippen molar-refractivity contribution in [2.75, 3.05) is 0 Å². The number of aromatic nitrogens is 2. The molecule has 0 spiro atoms. The minimum Gasteiger partial charge on any atom is -0.453 e. The number of rotatable bonds is 4. The van der Waals surface area contributed by atoms with Gasteiger partial charge in [0.05, 0.1) is 11.9 Å². The highest BCUT2D eigenvalue weighted by molar-refractivity contribution is 5.84. The standard InChI is InChI=1S/C17H17N3O/c1-2-14(18)15-9-8-13(11-20-15)21-16-7-3-5-12-6-4-10-19-17(12)16/h3-11,14H,2,18H2,1H3/t14-/m1/s1. The van der Waals surface area contributed by atoms with Gasteiger partial charge in [0.2, 0.25) is 0 Å². The number of nitrogens with two attached hydrogens (primary N) is 1. The number of hydrogen-bond donors (Lipinski definition) is 1. The van der Waals surface area contributed by atoms with E-state index in [1.54, 1.807) is 12.4 Å². The summed E-state index contributed by atoms with van der Waals surface area (Å²) < 4.78 is 5.89. The molecule has 0 aliphatic rings. The first kappa shape index (κ1) is 13.5. The third-order valence-electron chi connectivity index (χ3n) is 3.40. The van der Waals surface area contributed by atoms with Crippen molar-refractivity contribution >= 4 is 10.9 Å². The van der Waals surface area contributed by atoms with Crippen molar-refractivity contribution in [1.29, 1.82) is 0 Å². The van der Waals surface area contributed by atoms with E-state index in [1.165, 1.54) is 0 Å². The second kappa shape index (κ2) is 5.89. The first-order chi connectivity index (χ1) is 10.3. The van der Waals surface area contributed by atoms with Gasteiger partial charge in [-0.3, -0.25) is 9.97 Å². The topological polar surface area (TPSA) is 61.0 Å². The molecular formula is C17H17N3O. The van der Waals surface area contributed by atoms with Crippen LogP contribution in [-0.2, 0) is 0 Å². The molecule has 0 aliphatic heterocycles. The number of fused-ring (bicyclic) bond motifs is 1. The second-order valence-corrected chi connectivity index (χ2v) is 4.87. The highest BCUT2D eigenvalue weighted by Crippen LogP contribution is 2.28. The smallest absolute Gasteiger partial charge is 0.153 e. The molecule has 3 aromatic rings. The monoisotopic (exact) mass is 279 g/mol. The van der Waals surface area contributed by atoms with Crippen LogP contribution in [0.1, 0.15) is 25.1 Å². The Balaban J connectivity index is 1.88. The van der Waals surface area contributed by atoms with E-state index in [2.05, 4.69) is 9.97 Å². The average molecular weight is 279 g/mol. The van der Waals surface area contributed by atoms with Crippen molar-refractivity contribution in [3.05, 3.63) is 60.6 Å². The van der Waals surface area contributed by atoms with E-state index in [0.717, 1.165) is 28.8 Å². The van der Waals surface area contributed by atoms with Crippen LogP contribution in [0.15, 0.2) is 54.9 Å². The Bertz CT molecular complexity index is 735. The lowest BCUT2D eigenvalue weighted by Gasteiger charge is -2.10. The van der Waals surface area contributed by atoms with Crippen molar-refractivity contribution in [2.24, 2.45) is 5.73 Å². The van der Waals surface area contributed by atoms with Gasteiger partial charge in [-0.25, -0.2) is 0 Å². The number of hydrogen-bond acceptors (Lipinski definition) is 4. The number of para-hydroxylation sites is 1. The molecule has 0 radical (unpaired) electrons. The zero-order valence-electron chi connectivity index (χ0n) is 11.9. The summed E-state index contributed by atoms with van der Waals surface area (Å²) in [7, 11) is 0. The molecule has 4 heteroatoms. The van der Waals surface area contributed by atoms with Crippen molar-refractivity contribution in [3.63, 3.8) is 0 Å². The van der Waals surface area contributed by atoms with Gasteiger partial charge in [0, 0.05) is 17.6 Å². The molecule has 21 heavy (non-hydrogen) atoms. The molecule has 0 unspecified atom stereocenters.